The Labute approximate surface area is 106 Å². The van der Waals surface area contributed by atoms with Gasteiger partial charge in [0.05, 0.1) is 6.61 Å². The predicted molar refractivity (Wildman–Crippen MR) is 71.6 cm³/mol. The zero-order valence-corrected chi connectivity index (χ0v) is 10.8. The molecule has 0 N–H and O–H groups in total. The maximum absolute atomic E-state index is 11.4. The van der Waals surface area contributed by atoms with Crippen molar-refractivity contribution >= 4 is 11.0 Å². The Morgan fingerprint density at radius 2 is 2.06 bits per heavy atom. The molecule has 2 aromatic rings. The van der Waals surface area contributed by atoms with E-state index in [1.165, 1.54) is 6.07 Å². The number of benzene rings is 1. The third-order valence-electron chi connectivity index (χ3n) is 2.83. The number of para-hydroxylation sites is 1. The van der Waals surface area contributed by atoms with Crippen LogP contribution in [0.2, 0.25) is 0 Å². The topological polar surface area (TPSA) is 39.4 Å². The van der Waals surface area contributed by atoms with Gasteiger partial charge in [0.15, 0.2) is 0 Å². The van der Waals surface area contributed by atoms with E-state index in [1.54, 1.807) is 6.07 Å². The van der Waals surface area contributed by atoms with Gasteiger partial charge in [-0.1, -0.05) is 32.0 Å². The minimum atomic E-state index is -0.323. The van der Waals surface area contributed by atoms with E-state index < -0.39 is 0 Å². The Bertz CT molecular complexity index is 569. The van der Waals surface area contributed by atoms with Gasteiger partial charge in [-0.15, -0.1) is 0 Å². The molecule has 0 saturated carbocycles. The first-order chi connectivity index (χ1) is 8.66. The van der Waals surface area contributed by atoms with Gasteiger partial charge in [0, 0.05) is 18.1 Å². The Hall–Kier alpha value is -1.61. The molecule has 0 unspecified atom stereocenters. The first-order valence-corrected chi connectivity index (χ1v) is 6.26. The molecule has 0 saturated heterocycles. The fourth-order valence-electron chi connectivity index (χ4n) is 1.80. The Morgan fingerprint density at radius 1 is 1.28 bits per heavy atom. The molecule has 0 bridgehead atoms. The SMILES string of the molecule is CC(C)CCOCc1cc(=O)oc2ccccc12. The average molecular weight is 246 g/mol. The van der Waals surface area contributed by atoms with Gasteiger partial charge in [-0.05, 0) is 24.0 Å². The second kappa shape index (κ2) is 5.83. The van der Waals surface area contributed by atoms with E-state index in [1.807, 2.05) is 18.2 Å². The summed E-state index contributed by atoms with van der Waals surface area (Å²) in [6, 6.07) is 9.04. The highest BCUT2D eigenvalue weighted by atomic mass is 16.5. The van der Waals surface area contributed by atoms with Gasteiger partial charge in [-0.2, -0.15) is 0 Å². The van der Waals surface area contributed by atoms with Crippen molar-refractivity contribution in [3.05, 3.63) is 46.3 Å². The lowest BCUT2D eigenvalue weighted by atomic mass is 10.1. The lowest BCUT2D eigenvalue weighted by Gasteiger charge is -2.08. The summed E-state index contributed by atoms with van der Waals surface area (Å²) < 4.78 is 10.7. The molecule has 0 aliphatic rings. The Kier molecular flexibility index (Phi) is 4.15. The van der Waals surface area contributed by atoms with Crippen LogP contribution in [0.3, 0.4) is 0 Å². The molecule has 0 atom stereocenters. The second-order valence-corrected chi connectivity index (χ2v) is 4.82. The summed E-state index contributed by atoms with van der Waals surface area (Å²) in [5.74, 6) is 0.627. The summed E-state index contributed by atoms with van der Waals surface area (Å²) >= 11 is 0. The normalized spacial score (nSPS) is 11.3. The standard InChI is InChI=1S/C15H18O3/c1-11(2)7-8-17-10-12-9-15(16)18-14-6-4-3-5-13(12)14/h3-6,9,11H,7-8,10H2,1-2H3. The van der Waals surface area contributed by atoms with E-state index in [2.05, 4.69) is 13.8 Å². The number of hydrogen-bond donors (Lipinski definition) is 0. The fraction of sp³-hybridized carbons (Fsp3) is 0.400. The van der Waals surface area contributed by atoms with Crippen molar-refractivity contribution in [1.29, 1.82) is 0 Å². The summed E-state index contributed by atoms with van der Waals surface area (Å²) in [7, 11) is 0. The van der Waals surface area contributed by atoms with Crippen LogP contribution in [0.1, 0.15) is 25.8 Å². The van der Waals surface area contributed by atoms with E-state index >= 15 is 0 Å². The van der Waals surface area contributed by atoms with Gasteiger partial charge in [0.2, 0.25) is 0 Å². The first-order valence-electron chi connectivity index (χ1n) is 6.26. The first kappa shape index (κ1) is 12.8. The molecule has 1 aromatic heterocycles. The van der Waals surface area contributed by atoms with Crippen LogP contribution in [-0.2, 0) is 11.3 Å². The molecule has 1 heterocycles. The molecule has 1 aromatic carbocycles. The van der Waals surface area contributed by atoms with Gasteiger partial charge in [0.1, 0.15) is 5.58 Å². The van der Waals surface area contributed by atoms with Crippen molar-refractivity contribution < 1.29 is 9.15 Å². The van der Waals surface area contributed by atoms with Gasteiger partial charge < -0.3 is 9.15 Å². The maximum Gasteiger partial charge on any atom is 0.336 e. The van der Waals surface area contributed by atoms with Crippen molar-refractivity contribution in [3.8, 4) is 0 Å². The molecule has 18 heavy (non-hydrogen) atoms. The van der Waals surface area contributed by atoms with Crippen LogP contribution in [0.4, 0.5) is 0 Å². The van der Waals surface area contributed by atoms with Crippen LogP contribution >= 0.6 is 0 Å². The van der Waals surface area contributed by atoms with Crippen LogP contribution in [0.5, 0.6) is 0 Å². The van der Waals surface area contributed by atoms with E-state index in [0.717, 1.165) is 17.4 Å². The molecule has 2 rings (SSSR count). The van der Waals surface area contributed by atoms with Crippen LogP contribution in [0.25, 0.3) is 11.0 Å². The van der Waals surface area contributed by atoms with Gasteiger partial charge in [0.25, 0.3) is 0 Å². The molecule has 96 valence electrons. The summed E-state index contributed by atoms with van der Waals surface area (Å²) in [6.45, 7) is 5.50. The monoisotopic (exact) mass is 246 g/mol. The fourth-order valence-corrected chi connectivity index (χ4v) is 1.80. The predicted octanol–water partition coefficient (Wildman–Crippen LogP) is 3.36. The van der Waals surface area contributed by atoms with Crippen molar-refractivity contribution in [2.45, 2.75) is 26.9 Å². The Morgan fingerprint density at radius 3 is 2.83 bits per heavy atom. The third kappa shape index (κ3) is 3.20. The highest BCUT2D eigenvalue weighted by molar-refractivity contribution is 5.79. The molecular formula is C15H18O3. The minimum absolute atomic E-state index is 0.323. The van der Waals surface area contributed by atoms with Crippen molar-refractivity contribution in [2.24, 2.45) is 5.92 Å². The number of hydrogen-bond acceptors (Lipinski definition) is 3. The van der Waals surface area contributed by atoms with Gasteiger partial charge >= 0.3 is 5.63 Å². The summed E-state index contributed by atoms with van der Waals surface area (Å²) in [5.41, 5.74) is 1.19. The molecule has 0 fully saturated rings. The van der Waals surface area contributed by atoms with Crippen molar-refractivity contribution in [1.82, 2.24) is 0 Å². The number of ether oxygens (including phenoxy) is 1. The highest BCUT2D eigenvalue weighted by Crippen LogP contribution is 2.17. The quantitative estimate of drug-likeness (QED) is 0.600. The van der Waals surface area contributed by atoms with E-state index in [4.69, 9.17) is 9.15 Å². The van der Waals surface area contributed by atoms with Crippen LogP contribution in [0.15, 0.2) is 39.5 Å². The molecule has 0 amide bonds. The van der Waals surface area contributed by atoms with Crippen molar-refractivity contribution in [3.63, 3.8) is 0 Å². The zero-order chi connectivity index (χ0) is 13.0. The Balaban J connectivity index is 2.14. The molecule has 0 aliphatic carbocycles. The van der Waals surface area contributed by atoms with E-state index in [0.29, 0.717) is 24.7 Å². The van der Waals surface area contributed by atoms with E-state index in [9.17, 15) is 4.79 Å². The largest absolute Gasteiger partial charge is 0.423 e. The van der Waals surface area contributed by atoms with E-state index in [-0.39, 0.29) is 5.63 Å². The maximum atomic E-state index is 11.4. The van der Waals surface area contributed by atoms with Crippen molar-refractivity contribution in [2.75, 3.05) is 6.61 Å². The average Bonchev–Trinajstić information content (AvgIpc) is 2.34. The molecule has 3 heteroatoms. The molecule has 0 spiro atoms. The lowest BCUT2D eigenvalue weighted by Crippen LogP contribution is -2.04. The smallest absolute Gasteiger partial charge is 0.336 e. The summed E-state index contributed by atoms with van der Waals surface area (Å²) in [4.78, 5) is 11.4. The number of fused-ring (bicyclic) bond motifs is 1. The molecular weight excluding hydrogens is 228 g/mol. The lowest BCUT2D eigenvalue weighted by molar-refractivity contribution is 0.111. The molecule has 0 radical (unpaired) electrons. The third-order valence-corrected chi connectivity index (χ3v) is 2.83. The van der Waals surface area contributed by atoms with Gasteiger partial charge in [-0.3, -0.25) is 0 Å². The second-order valence-electron chi connectivity index (χ2n) is 4.82. The zero-order valence-electron chi connectivity index (χ0n) is 10.8. The summed E-state index contributed by atoms with van der Waals surface area (Å²) in [5, 5.41) is 0.946. The number of rotatable bonds is 5. The summed E-state index contributed by atoms with van der Waals surface area (Å²) in [6.07, 6.45) is 1.03. The van der Waals surface area contributed by atoms with Crippen LogP contribution in [0, 0.1) is 5.92 Å². The minimum Gasteiger partial charge on any atom is -0.423 e. The molecule has 3 nitrogen and oxygen atoms in total. The van der Waals surface area contributed by atoms with Gasteiger partial charge in [-0.25, -0.2) is 4.79 Å². The van der Waals surface area contributed by atoms with Crippen LogP contribution in [-0.4, -0.2) is 6.61 Å². The highest BCUT2D eigenvalue weighted by Gasteiger charge is 2.05. The van der Waals surface area contributed by atoms with Crippen LogP contribution < -0.4 is 5.63 Å². The molecule has 0 aliphatic heterocycles.